The molecule has 2 heterocycles. The number of non-ortho nitro benzene ring substituents is 1. The molecule has 1 unspecified atom stereocenters. The molecular formula is C36H41ClN4O5. The van der Waals surface area contributed by atoms with Gasteiger partial charge in [-0.1, -0.05) is 72.8 Å². The predicted octanol–water partition coefficient (Wildman–Crippen LogP) is 6.01. The number of likely N-dealkylation sites (tertiary alicyclic amines) is 1. The van der Waals surface area contributed by atoms with Crippen LogP contribution in [-0.2, 0) is 19.7 Å². The molecule has 1 saturated heterocycles. The molecule has 2 N–H and O–H groups in total. The average Bonchev–Trinajstić information content (AvgIpc) is 3.07. The standard InChI is InChI=1S/C36H40N4O5.ClH/c1-25-31(33(32(26(2)38-25)35(42)45-3)27-15-17-30(18-16-27)40(43)44)34(41)37-21-10-22-39-23-19-36(20-24-39,28-11-6-4-7-12-28)29-13-8-5-9-14-29;/h4-9,11-18,33,38H,10,19-24H2,1-3H3,(H,37,41);1H. The Morgan fingerprint density at radius 1 is 0.913 bits per heavy atom. The van der Waals surface area contributed by atoms with Crippen LogP contribution in [0.1, 0.15) is 55.7 Å². The number of nitrogens with zero attached hydrogens (tertiary/aromatic N) is 2. The molecular weight excluding hydrogens is 604 g/mol. The van der Waals surface area contributed by atoms with Crippen LogP contribution >= 0.6 is 12.4 Å². The molecule has 46 heavy (non-hydrogen) atoms. The number of rotatable bonds is 10. The van der Waals surface area contributed by atoms with Crippen LogP contribution in [0.5, 0.6) is 0 Å². The van der Waals surface area contributed by atoms with Gasteiger partial charge in [0.25, 0.3) is 5.69 Å². The van der Waals surface area contributed by atoms with Gasteiger partial charge in [0.15, 0.2) is 0 Å². The van der Waals surface area contributed by atoms with Gasteiger partial charge in [0.1, 0.15) is 0 Å². The Bertz CT molecular complexity index is 1560. The van der Waals surface area contributed by atoms with Crippen LogP contribution in [0.25, 0.3) is 0 Å². The predicted molar refractivity (Wildman–Crippen MR) is 181 cm³/mol. The highest BCUT2D eigenvalue weighted by Crippen LogP contribution is 2.42. The Balaban J connectivity index is 0.00000480. The van der Waals surface area contributed by atoms with E-state index in [1.165, 1.54) is 30.4 Å². The Morgan fingerprint density at radius 2 is 1.46 bits per heavy atom. The lowest BCUT2D eigenvalue weighted by atomic mass is 9.68. The highest BCUT2D eigenvalue weighted by atomic mass is 35.5. The molecule has 3 aromatic rings. The third-order valence-corrected chi connectivity index (χ3v) is 9.15. The fraction of sp³-hybridized carbons (Fsp3) is 0.333. The number of hydrogen-bond acceptors (Lipinski definition) is 7. The fourth-order valence-electron chi connectivity index (χ4n) is 6.81. The maximum Gasteiger partial charge on any atom is 0.336 e. The van der Waals surface area contributed by atoms with Gasteiger partial charge in [0.05, 0.1) is 23.5 Å². The summed E-state index contributed by atoms with van der Waals surface area (Å²) in [5, 5.41) is 17.5. The molecule has 0 aliphatic carbocycles. The zero-order valence-electron chi connectivity index (χ0n) is 26.5. The maximum atomic E-state index is 13.7. The van der Waals surface area contributed by atoms with E-state index in [1.807, 2.05) is 0 Å². The van der Waals surface area contributed by atoms with E-state index in [9.17, 15) is 19.7 Å². The number of benzene rings is 3. The minimum Gasteiger partial charge on any atom is -0.466 e. The number of halogens is 1. The van der Waals surface area contributed by atoms with Crippen molar-refractivity contribution in [2.45, 2.75) is 44.4 Å². The van der Waals surface area contributed by atoms with E-state index in [1.54, 1.807) is 26.0 Å². The lowest BCUT2D eigenvalue weighted by Gasteiger charge is -2.43. The molecule has 0 spiro atoms. The summed E-state index contributed by atoms with van der Waals surface area (Å²) in [6.45, 7) is 6.80. The first-order chi connectivity index (χ1) is 21.7. The highest BCUT2D eigenvalue weighted by Gasteiger charge is 2.38. The maximum absolute atomic E-state index is 13.7. The Hall–Kier alpha value is -4.47. The third-order valence-electron chi connectivity index (χ3n) is 9.15. The first-order valence-corrected chi connectivity index (χ1v) is 15.4. The molecule has 242 valence electrons. The van der Waals surface area contributed by atoms with Crippen LogP contribution in [0.3, 0.4) is 0 Å². The number of nitro benzene ring substituents is 1. The van der Waals surface area contributed by atoms with Gasteiger partial charge in [-0.15, -0.1) is 12.4 Å². The summed E-state index contributed by atoms with van der Waals surface area (Å²) in [5.74, 6) is -1.58. The Labute approximate surface area is 276 Å². The molecule has 2 aliphatic heterocycles. The topological polar surface area (TPSA) is 114 Å². The van der Waals surface area contributed by atoms with Crippen molar-refractivity contribution in [1.82, 2.24) is 15.5 Å². The van der Waals surface area contributed by atoms with Crippen LogP contribution in [-0.4, -0.2) is 55.0 Å². The molecule has 9 nitrogen and oxygen atoms in total. The number of dihydropyridines is 1. The summed E-state index contributed by atoms with van der Waals surface area (Å²) >= 11 is 0. The van der Waals surface area contributed by atoms with Crippen LogP contribution in [0, 0.1) is 10.1 Å². The molecule has 1 amide bonds. The van der Waals surface area contributed by atoms with Crippen molar-refractivity contribution in [3.8, 4) is 0 Å². The van der Waals surface area contributed by atoms with Gasteiger partial charge in [-0.25, -0.2) is 4.79 Å². The molecule has 5 rings (SSSR count). The number of hydrogen-bond donors (Lipinski definition) is 2. The average molecular weight is 645 g/mol. The van der Waals surface area contributed by atoms with Gasteiger partial charge in [-0.2, -0.15) is 0 Å². The second kappa shape index (κ2) is 15.2. The van der Waals surface area contributed by atoms with E-state index in [0.717, 1.165) is 38.9 Å². The number of piperidine rings is 1. The van der Waals surface area contributed by atoms with E-state index in [-0.39, 0.29) is 29.4 Å². The number of esters is 1. The SMILES string of the molecule is COC(=O)C1=C(C)NC(C)=C(C(=O)NCCCN2CCC(c3ccccc3)(c3ccccc3)CC2)C1c1ccc([N+](=O)[O-])cc1.Cl. The van der Waals surface area contributed by atoms with E-state index in [4.69, 9.17) is 4.74 Å². The van der Waals surface area contributed by atoms with Crippen molar-refractivity contribution in [2.24, 2.45) is 0 Å². The van der Waals surface area contributed by atoms with Crippen LogP contribution < -0.4 is 10.6 Å². The minimum atomic E-state index is -0.731. The van der Waals surface area contributed by atoms with Crippen molar-refractivity contribution in [2.75, 3.05) is 33.3 Å². The normalized spacial score (nSPS) is 17.8. The number of carbonyl (C=O) groups excluding carboxylic acids is 2. The number of carbonyl (C=O) groups is 2. The minimum absolute atomic E-state index is 0. The van der Waals surface area contributed by atoms with Crippen molar-refractivity contribution in [3.63, 3.8) is 0 Å². The summed E-state index contributed by atoms with van der Waals surface area (Å²) in [6.07, 6.45) is 2.81. The molecule has 0 aromatic heterocycles. The quantitative estimate of drug-likeness (QED) is 0.120. The fourth-order valence-corrected chi connectivity index (χ4v) is 6.81. The lowest BCUT2D eigenvalue weighted by Crippen LogP contribution is -2.44. The third kappa shape index (κ3) is 7.16. The molecule has 0 saturated carbocycles. The molecule has 0 radical (unpaired) electrons. The summed E-state index contributed by atoms with van der Waals surface area (Å²) < 4.78 is 5.07. The summed E-state index contributed by atoms with van der Waals surface area (Å²) in [7, 11) is 1.30. The molecule has 3 aromatic carbocycles. The summed E-state index contributed by atoms with van der Waals surface area (Å²) in [5.41, 5.74) is 5.11. The van der Waals surface area contributed by atoms with Gasteiger partial charge in [-0.05, 0) is 69.4 Å². The second-order valence-corrected chi connectivity index (χ2v) is 11.7. The molecule has 0 bridgehead atoms. The van der Waals surface area contributed by atoms with E-state index >= 15 is 0 Å². The molecule has 1 atom stereocenters. The zero-order chi connectivity index (χ0) is 32.0. The summed E-state index contributed by atoms with van der Waals surface area (Å²) in [4.78, 5) is 39.8. The number of nitro groups is 1. The highest BCUT2D eigenvalue weighted by molar-refractivity contribution is 6.02. The van der Waals surface area contributed by atoms with Gasteiger partial charge in [-0.3, -0.25) is 14.9 Å². The smallest absolute Gasteiger partial charge is 0.336 e. The number of amides is 1. The van der Waals surface area contributed by atoms with Crippen LogP contribution in [0.2, 0.25) is 0 Å². The Kier molecular flexibility index (Phi) is 11.4. The molecule has 10 heteroatoms. The molecule has 1 fully saturated rings. The van der Waals surface area contributed by atoms with Crippen molar-refractivity contribution in [3.05, 3.63) is 134 Å². The van der Waals surface area contributed by atoms with Crippen molar-refractivity contribution >= 4 is 30.0 Å². The first kappa shape index (κ1) is 34.4. The van der Waals surface area contributed by atoms with Gasteiger partial charge in [0.2, 0.25) is 5.91 Å². The zero-order valence-corrected chi connectivity index (χ0v) is 27.3. The largest absolute Gasteiger partial charge is 0.466 e. The summed E-state index contributed by atoms with van der Waals surface area (Å²) in [6, 6.07) is 27.5. The number of ether oxygens (including phenoxy) is 1. The molecule has 2 aliphatic rings. The van der Waals surface area contributed by atoms with Gasteiger partial charge >= 0.3 is 5.97 Å². The van der Waals surface area contributed by atoms with Crippen LogP contribution in [0.15, 0.2) is 107 Å². The van der Waals surface area contributed by atoms with E-state index in [2.05, 4.69) is 76.2 Å². The van der Waals surface area contributed by atoms with E-state index < -0.39 is 16.8 Å². The number of allylic oxidation sites excluding steroid dienone is 2. The van der Waals surface area contributed by atoms with Crippen molar-refractivity contribution < 1.29 is 19.2 Å². The van der Waals surface area contributed by atoms with E-state index in [0.29, 0.717) is 34.6 Å². The van der Waals surface area contributed by atoms with Crippen LogP contribution in [0.4, 0.5) is 5.69 Å². The lowest BCUT2D eigenvalue weighted by molar-refractivity contribution is -0.384. The number of nitrogens with one attached hydrogen (secondary N) is 2. The van der Waals surface area contributed by atoms with Crippen molar-refractivity contribution in [1.29, 1.82) is 0 Å². The number of methoxy groups -OCH3 is 1. The monoisotopic (exact) mass is 644 g/mol. The van der Waals surface area contributed by atoms with Gasteiger partial charge in [0, 0.05) is 41.1 Å². The second-order valence-electron chi connectivity index (χ2n) is 11.7. The van der Waals surface area contributed by atoms with Gasteiger partial charge < -0.3 is 20.3 Å². The Morgan fingerprint density at radius 3 is 1.98 bits per heavy atom. The first-order valence-electron chi connectivity index (χ1n) is 15.4.